The maximum absolute atomic E-state index is 12.6. The van der Waals surface area contributed by atoms with Crippen LogP contribution in [0.25, 0.3) is 0 Å². The minimum atomic E-state index is -0.453. The Morgan fingerprint density at radius 3 is 2.22 bits per heavy atom. The van der Waals surface area contributed by atoms with E-state index < -0.39 is 5.97 Å². The van der Waals surface area contributed by atoms with Gasteiger partial charge in [0, 0.05) is 32.2 Å². The van der Waals surface area contributed by atoms with Crippen molar-refractivity contribution in [1.29, 1.82) is 0 Å². The van der Waals surface area contributed by atoms with E-state index >= 15 is 0 Å². The minimum absolute atomic E-state index is 0.157. The fourth-order valence-electron chi connectivity index (χ4n) is 3.64. The summed E-state index contributed by atoms with van der Waals surface area (Å²) in [5.41, 5.74) is 1.82. The molecule has 2 aromatic rings. The number of carbonyl (C=O) groups is 2. The Bertz CT molecular complexity index is 922. The molecule has 8 nitrogen and oxygen atoms in total. The van der Waals surface area contributed by atoms with Crippen molar-refractivity contribution in [3.8, 4) is 11.5 Å². The number of amides is 1. The van der Waals surface area contributed by atoms with E-state index in [4.69, 9.17) is 14.2 Å². The Kier molecular flexibility index (Phi) is 7.94. The number of methoxy groups -OCH3 is 2. The molecule has 1 aliphatic heterocycles. The summed E-state index contributed by atoms with van der Waals surface area (Å²) in [5, 5.41) is 2.90. The van der Waals surface area contributed by atoms with Crippen LogP contribution in [-0.2, 0) is 9.53 Å². The first-order valence-corrected chi connectivity index (χ1v) is 10.7. The summed E-state index contributed by atoms with van der Waals surface area (Å²) in [5.74, 6) is 0.508. The third-order valence-corrected chi connectivity index (χ3v) is 5.51. The van der Waals surface area contributed by atoms with E-state index in [-0.39, 0.29) is 12.5 Å². The van der Waals surface area contributed by atoms with E-state index in [1.165, 1.54) is 7.11 Å². The number of benzene rings is 2. The van der Waals surface area contributed by atoms with Gasteiger partial charge in [0.05, 0.1) is 31.2 Å². The van der Waals surface area contributed by atoms with Crippen molar-refractivity contribution in [1.82, 2.24) is 4.90 Å². The second kappa shape index (κ2) is 10.9. The molecule has 0 radical (unpaired) electrons. The van der Waals surface area contributed by atoms with Crippen molar-refractivity contribution in [3.63, 3.8) is 0 Å². The van der Waals surface area contributed by atoms with E-state index in [0.29, 0.717) is 28.8 Å². The van der Waals surface area contributed by atoms with Gasteiger partial charge in [-0.05, 0) is 56.3 Å². The van der Waals surface area contributed by atoms with Crippen LogP contribution in [-0.4, -0.2) is 69.8 Å². The summed E-state index contributed by atoms with van der Waals surface area (Å²) < 4.78 is 15.5. The van der Waals surface area contributed by atoms with Gasteiger partial charge in [-0.15, -0.1) is 0 Å². The van der Waals surface area contributed by atoms with E-state index in [2.05, 4.69) is 29.0 Å². The molecule has 1 saturated heterocycles. The summed E-state index contributed by atoms with van der Waals surface area (Å²) in [6.07, 6.45) is 0. The molecule has 32 heavy (non-hydrogen) atoms. The van der Waals surface area contributed by atoms with Crippen LogP contribution in [0.4, 0.5) is 11.4 Å². The molecule has 3 rings (SSSR count). The average molecular weight is 442 g/mol. The lowest BCUT2D eigenvalue weighted by atomic mass is 10.1. The van der Waals surface area contributed by atoms with Gasteiger partial charge in [0.1, 0.15) is 11.5 Å². The normalized spacial score (nSPS) is 14.2. The second-order valence-corrected chi connectivity index (χ2v) is 7.85. The standard InChI is InChI=1S/C24H31N3O5/c1-17(2)26-11-13-27(14-12-26)22-10-5-18(24(29)31-4)15-21(22)25-23(28)16-32-20-8-6-19(30-3)7-9-20/h5-10,15,17H,11-14,16H2,1-4H3,(H,25,28). The number of ether oxygens (including phenoxy) is 3. The van der Waals surface area contributed by atoms with Crippen molar-refractivity contribution < 1.29 is 23.8 Å². The minimum Gasteiger partial charge on any atom is -0.497 e. The maximum Gasteiger partial charge on any atom is 0.337 e. The first-order valence-electron chi connectivity index (χ1n) is 10.7. The van der Waals surface area contributed by atoms with Gasteiger partial charge in [-0.3, -0.25) is 9.69 Å². The lowest BCUT2D eigenvalue weighted by Crippen LogP contribution is -2.49. The van der Waals surface area contributed by atoms with Gasteiger partial charge >= 0.3 is 5.97 Å². The predicted molar refractivity (Wildman–Crippen MR) is 124 cm³/mol. The van der Waals surface area contributed by atoms with Crippen LogP contribution in [0, 0.1) is 0 Å². The fourth-order valence-corrected chi connectivity index (χ4v) is 3.64. The van der Waals surface area contributed by atoms with Gasteiger partial charge in [0.25, 0.3) is 5.91 Å². The molecule has 172 valence electrons. The zero-order valence-corrected chi connectivity index (χ0v) is 19.1. The predicted octanol–water partition coefficient (Wildman–Crippen LogP) is 3.03. The molecular formula is C24H31N3O5. The Morgan fingerprint density at radius 2 is 1.62 bits per heavy atom. The SMILES string of the molecule is COC(=O)c1ccc(N2CCN(C(C)C)CC2)c(NC(=O)COc2ccc(OC)cc2)c1. The Morgan fingerprint density at radius 1 is 0.969 bits per heavy atom. The molecule has 0 atom stereocenters. The molecule has 0 aromatic heterocycles. The molecule has 0 aliphatic carbocycles. The molecular weight excluding hydrogens is 410 g/mol. The first-order chi connectivity index (χ1) is 15.4. The molecule has 0 bridgehead atoms. The van der Waals surface area contributed by atoms with Crippen LogP contribution >= 0.6 is 0 Å². The number of nitrogens with zero attached hydrogens (tertiary/aromatic N) is 2. The largest absolute Gasteiger partial charge is 0.497 e. The van der Waals surface area contributed by atoms with Crippen LogP contribution in [0.5, 0.6) is 11.5 Å². The molecule has 1 amide bonds. The van der Waals surface area contributed by atoms with Gasteiger partial charge < -0.3 is 24.4 Å². The number of rotatable bonds is 8. The van der Waals surface area contributed by atoms with Crippen molar-refractivity contribution in [2.75, 3.05) is 57.2 Å². The van der Waals surface area contributed by atoms with Crippen LogP contribution in [0.15, 0.2) is 42.5 Å². The third kappa shape index (κ3) is 5.91. The number of hydrogen-bond donors (Lipinski definition) is 1. The Labute approximate surface area is 189 Å². The highest BCUT2D eigenvalue weighted by Crippen LogP contribution is 2.29. The van der Waals surface area contributed by atoms with Crippen molar-refractivity contribution in [2.24, 2.45) is 0 Å². The van der Waals surface area contributed by atoms with Crippen LogP contribution in [0.1, 0.15) is 24.2 Å². The van der Waals surface area contributed by atoms with E-state index in [0.717, 1.165) is 31.9 Å². The Hall–Kier alpha value is -3.26. The molecule has 1 aliphatic rings. The monoisotopic (exact) mass is 441 g/mol. The topological polar surface area (TPSA) is 80.3 Å². The molecule has 0 spiro atoms. The quantitative estimate of drug-likeness (QED) is 0.631. The average Bonchev–Trinajstić information content (AvgIpc) is 2.82. The fraction of sp³-hybridized carbons (Fsp3) is 0.417. The summed E-state index contributed by atoms with van der Waals surface area (Å²) in [6.45, 7) is 7.76. The summed E-state index contributed by atoms with van der Waals surface area (Å²) in [7, 11) is 2.92. The zero-order chi connectivity index (χ0) is 23.1. The van der Waals surface area contributed by atoms with E-state index in [1.54, 1.807) is 43.5 Å². The lowest BCUT2D eigenvalue weighted by Gasteiger charge is -2.38. The molecule has 1 fully saturated rings. The van der Waals surface area contributed by atoms with Crippen molar-refractivity contribution >= 4 is 23.3 Å². The Balaban J connectivity index is 1.71. The van der Waals surface area contributed by atoms with Crippen LogP contribution in [0.3, 0.4) is 0 Å². The molecule has 8 heteroatoms. The van der Waals surface area contributed by atoms with Gasteiger partial charge in [0.2, 0.25) is 0 Å². The van der Waals surface area contributed by atoms with Crippen LogP contribution < -0.4 is 19.7 Å². The summed E-state index contributed by atoms with van der Waals surface area (Å²) in [6, 6.07) is 12.7. The van der Waals surface area contributed by atoms with Gasteiger partial charge in [-0.1, -0.05) is 0 Å². The van der Waals surface area contributed by atoms with E-state index in [9.17, 15) is 9.59 Å². The molecule has 1 N–H and O–H groups in total. The van der Waals surface area contributed by atoms with E-state index in [1.807, 2.05) is 6.07 Å². The van der Waals surface area contributed by atoms with Crippen molar-refractivity contribution in [2.45, 2.75) is 19.9 Å². The molecule has 2 aromatic carbocycles. The summed E-state index contributed by atoms with van der Waals surface area (Å²) >= 11 is 0. The maximum atomic E-state index is 12.6. The number of esters is 1. The second-order valence-electron chi connectivity index (χ2n) is 7.85. The third-order valence-electron chi connectivity index (χ3n) is 5.51. The highest BCUT2D eigenvalue weighted by molar-refractivity contribution is 5.98. The van der Waals surface area contributed by atoms with Gasteiger partial charge in [0.15, 0.2) is 6.61 Å². The molecule has 1 heterocycles. The molecule has 0 saturated carbocycles. The smallest absolute Gasteiger partial charge is 0.337 e. The number of nitrogens with one attached hydrogen (secondary N) is 1. The highest BCUT2D eigenvalue weighted by atomic mass is 16.5. The van der Waals surface area contributed by atoms with Gasteiger partial charge in [-0.25, -0.2) is 4.79 Å². The van der Waals surface area contributed by atoms with Crippen molar-refractivity contribution in [3.05, 3.63) is 48.0 Å². The highest BCUT2D eigenvalue weighted by Gasteiger charge is 2.22. The summed E-state index contributed by atoms with van der Waals surface area (Å²) in [4.78, 5) is 29.3. The number of hydrogen-bond acceptors (Lipinski definition) is 7. The number of carbonyl (C=O) groups excluding carboxylic acids is 2. The number of anilines is 2. The number of piperazine rings is 1. The lowest BCUT2D eigenvalue weighted by molar-refractivity contribution is -0.118. The molecule has 0 unspecified atom stereocenters. The first kappa shape index (κ1) is 23.4. The zero-order valence-electron chi connectivity index (χ0n) is 19.1. The van der Waals surface area contributed by atoms with Gasteiger partial charge in [-0.2, -0.15) is 0 Å². The van der Waals surface area contributed by atoms with Crippen LogP contribution in [0.2, 0.25) is 0 Å².